The molecule has 1 aromatic carbocycles. The molecule has 1 atom stereocenters. The van der Waals surface area contributed by atoms with Crippen molar-refractivity contribution >= 4 is 17.7 Å². The Balaban J connectivity index is 2.27. The third kappa shape index (κ3) is 7.25. The standard InChI is InChI=1S/C16H21NO4/c1-12(18)7-6-10-15(19)17-13(2)16(20)21-11-14-8-4-3-5-9-14/h3-5,8-9,13H,6-7,10-11H2,1-2H3,(H,17,19). The van der Waals surface area contributed by atoms with E-state index < -0.39 is 12.0 Å². The molecule has 0 bridgehead atoms. The number of ether oxygens (including phenoxy) is 1. The second kappa shape index (κ2) is 8.89. The number of amides is 1. The largest absolute Gasteiger partial charge is 0.459 e. The Kier molecular flexibility index (Phi) is 7.15. The Hall–Kier alpha value is -2.17. The van der Waals surface area contributed by atoms with Crippen LogP contribution in [0.3, 0.4) is 0 Å². The maximum absolute atomic E-state index is 11.7. The summed E-state index contributed by atoms with van der Waals surface area (Å²) >= 11 is 0. The van der Waals surface area contributed by atoms with Crippen molar-refractivity contribution < 1.29 is 19.1 Å². The molecule has 0 saturated carbocycles. The van der Waals surface area contributed by atoms with Gasteiger partial charge in [-0.3, -0.25) is 4.79 Å². The SMILES string of the molecule is CC(=O)CCCC(=O)NC(C)C(=O)OCc1ccccc1. The average Bonchev–Trinajstić information content (AvgIpc) is 2.45. The zero-order valence-corrected chi connectivity index (χ0v) is 12.4. The van der Waals surface area contributed by atoms with Gasteiger partial charge in [0.25, 0.3) is 0 Å². The van der Waals surface area contributed by atoms with Crippen LogP contribution in [0.5, 0.6) is 0 Å². The highest BCUT2D eigenvalue weighted by Gasteiger charge is 2.16. The van der Waals surface area contributed by atoms with Crippen LogP contribution in [0.25, 0.3) is 0 Å². The molecule has 0 aromatic heterocycles. The van der Waals surface area contributed by atoms with E-state index >= 15 is 0 Å². The summed E-state index contributed by atoms with van der Waals surface area (Å²) in [6.07, 6.45) is 1.10. The lowest BCUT2D eigenvalue weighted by atomic mass is 10.2. The molecule has 0 heterocycles. The third-order valence-corrected chi connectivity index (χ3v) is 2.89. The Morgan fingerprint density at radius 3 is 2.43 bits per heavy atom. The molecular weight excluding hydrogens is 270 g/mol. The molecule has 114 valence electrons. The molecule has 1 amide bonds. The Morgan fingerprint density at radius 2 is 1.81 bits per heavy atom. The van der Waals surface area contributed by atoms with E-state index in [1.807, 2.05) is 30.3 Å². The summed E-state index contributed by atoms with van der Waals surface area (Å²) in [5.41, 5.74) is 0.894. The number of benzene rings is 1. The maximum atomic E-state index is 11.7. The van der Waals surface area contributed by atoms with Crippen LogP contribution in [-0.4, -0.2) is 23.7 Å². The van der Waals surface area contributed by atoms with Crippen LogP contribution in [-0.2, 0) is 25.7 Å². The van der Waals surface area contributed by atoms with Crippen molar-refractivity contribution in [3.63, 3.8) is 0 Å². The summed E-state index contributed by atoms with van der Waals surface area (Å²) < 4.78 is 5.13. The molecule has 5 heteroatoms. The minimum absolute atomic E-state index is 0.0538. The molecule has 1 unspecified atom stereocenters. The first-order chi connectivity index (χ1) is 9.99. The highest BCUT2D eigenvalue weighted by molar-refractivity contribution is 5.84. The summed E-state index contributed by atoms with van der Waals surface area (Å²) in [7, 11) is 0. The minimum Gasteiger partial charge on any atom is -0.459 e. The van der Waals surface area contributed by atoms with E-state index in [1.165, 1.54) is 6.92 Å². The number of esters is 1. The molecule has 0 aliphatic rings. The van der Waals surface area contributed by atoms with Crippen molar-refractivity contribution in [1.82, 2.24) is 5.32 Å². The quantitative estimate of drug-likeness (QED) is 0.743. The van der Waals surface area contributed by atoms with E-state index in [-0.39, 0.29) is 24.7 Å². The highest BCUT2D eigenvalue weighted by Crippen LogP contribution is 2.02. The minimum atomic E-state index is -0.696. The molecule has 0 saturated heterocycles. The summed E-state index contributed by atoms with van der Waals surface area (Å²) in [4.78, 5) is 34.1. The van der Waals surface area contributed by atoms with Gasteiger partial charge in [0, 0.05) is 12.8 Å². The van der Waals surface area contributed by atoms with Gasteiger partial charge in [-0.15, -0.1) is 0 Å². The smallest absolute Gasteiger partial charge is 0.328 e. The lowest BCUT2D eigenvalue weighted by molar-refractivity contribution is -0.148. The number of hydrogen-bond donors (Lipinski definition) is 1. The predicted molar refractivity (Wildman–Crippen MR) is 78.4 cm³/mol. The third-order valence-electron chi connectivity index (χ3n) is 2.89. The van der Waals surface area contributed by atoms with Crippen molar-refractivity contribution in [3.05, 3.63) is 35.9 Å². The highest BCUT2D eigenvalue weighted by atomic mass is 16.5. The van der Waals surface area contributed by atoms with Crippen molar-refractivity contribution in [3.8, 4) is 0 Å². The molecule has 21 heavy (non-hydrogen) atoms. The van der Waals surface area contributed by atoms with Crippen LogP contribution in [0.15, 0.2) is 30.3 Å². The first kappa shape index (κ1) is 16.9. The number of hydrogen-bond acceptors (Lipinski definition) is 4. The fraction of sp³-hybridized carbons (Fsp3) is 0.438. The van der Waals surface area contributed by atoms with Gasteiger partial charge in [-0.1, -0.05) is 30.3 Å². The second-order valence-electron chi connectivity index (χ2n) is 4.94. The van der Waals surface area contributed by atoms with E-state index in [1.54, 1.807) is 6.92 Å². The van der Waals surface area contributed by atoms with Crippen LogP contribution in [0.2, 0.25) is 0 Å². The average molecular weight is 291 g/mol. The molecule has 0 aliphatic heterocycles. The Labute approximate surface area is 124 Å². The number of rotatable bonds is 8. The van der Waals surface area contributed by atoms with Crippen LogP contribution in [0.4, 0.5) is 0 Å². The topological polar surface area (TPSA) is 72.5 Å². The number of Topliss-reactive ketones (excluding diaryl/α,β-unsaturated/α-hetero) is 1. The Bertz CT molecular complexity index is 484. The molecular formula is C16H21NO4. The summed E-state index contributed by atoms with van der Waals surface area (Å²) in [5, 5.41) is 2.56. The molecule has 0 fully saturated rings. The van der Waals surface area contributed by atoms with Crippen molar-refractivity contribution in [1.29, 1.82) is 0 Å². The second-order valence-corrected chi connectivity index (χ2v) is 4.94. The lowest BCUT2D eigenvalue weighted by Gasteiger charge is -2.13. The van der Waals surface area contributed by atoms with Gasteiger partial charge < -0.3 is 14.8 Å². The van der Waals surface area contributed by atoms with Gasteiger partial charge in [0.1, 0.15) is 18.4 Å². The summed E-state index contributed by atoms with van der Waals surface area (Å²) in [6, 6.07) is 8.64. The number of carbonyl (C=O) groups excluding carboxylic acids is 3. The monoisotopic (exact) mass is 291 g/mol. The van der Waals surface area contributed by atoms with Crippen molar-refractivity contribution in [2.45, 2.75) is 45.8 Å². The predicted octanol–water partition coefficient (Wildman–Crippen LogP) is 1.99. The summed E-state index contributed by atoms with van der Waals surface area (Å²) in [5.74, 6) is -0.669. The maximum Gasteiger partial charge on any atom is 0.328 e. The fourth-order valence-electron chi connectivity index (χ4n) is 1.72. The molecule has 1 N–H and O–H groups in total. The van der Waals surface area contributed by atoms with Gasteiger partial charge >= 0.3 is 5.97 Å². The first-order valence-electron chi connectivity index (χ1n) is 6.98. The van der Waals surface area contributed by atoms with E-state index in [4.69, 9.17) is 4.74 Å². The van der Waals surface area contributed by atoms with E-state index in [9.17, 15) is 14.4 Å². The zero-order valence-electron chi connectivity index (χ0n) is 12.4. The van der Waals surface area contributed by atoms with Crippen LogP contribution in [0, 0.1) is 0 Å². The number of carbonyl (C=O) groups is 3. The van der Waals surface area contributed by atoms with Gasteiger partial charge in [0.2, 0.25) is 5.91 Å². The molecule has 1 rings (SSSR count). The van der Waals surface area contributed by atoms with E-state index in [0.29, 0.717) is 12.8 Å². The van der Waals surface area contributed by atoms with Gasteiger partial charge in [0.15, 0.2) is 0 Å². The molecule has 5 nitrogen and oxygen atoms in total. The van der Waals surface area contributed by atoms with Crippen molar-refractivity contribution in [2.75, 3.05) is 0 Å². The van der Waals surface area contributed by atoms with Crippen LogP contribution < -0.4 is 5.32 Å². The van der Waals surface area contributed by atoms with Crippen LogP contribution in [0.1, 0.15) is 38.7 Å². The van der Waals surface area contributed by atoms with Gasteiger partial charge in [0.05, 0.1) is 0 Å². The normalized spacial score (nSPS) is 11.5. The van der Waals surface area contributed by atoms with Gasteiger partial charge in [-0.05, 0) is 25.8 Å². The zero-order chi connectivity index (χ0) is 15.7. The number of nitrogens with one attached hydrogen (secondary N) is 1. The Morgan fingerprint density at radius 1 is 1.14 bits per heavy atom. The lowest BCUT2D eigenvalue weighted by Crippen LogP contribution is -2.39. The number of ketones is 1. The van der Waals surface area contributed by atoms with Gasteiger partial charge in [-0.25, -0.2) is 4.79 Å². The van der Waals surface area contributed by atoms with E-state index in [2.05, 4.69) is 5.32 Å². The first-order valence-corrected chi connectivity index (χ1v) is 6.98. The van der Waals surface area contributed by atoms with Gasteiger partial charge in [-0.2, -0.15) is 0 Å². The van der Waals surface area contributed by atoms with Crippen molar-refractivity contribution in [2.24, 2.45) is 0 Å². The molecule has 0 aliphatic carbocycles. The van der Waals surface area contributed by atoms with E-state index in [0.717, 1.165) is 5.56 Å². The molecule has 1 aromatic rings. The molecule has 0 radical (unpaired) electrons. The molecule has 0 spiro atoms. The summed E-state index contributed by atoms with van der Waals surface area (Å²) in [6.45, 7) is 3.25. The fourth-order valence-corrected chi connectivity index (χ4v) is 1.72. The van der Waals surface area contributed by atoms with Crippen LogP contribution >= 0.6 is 0 Å².